The van der Waals surface area contributed by atoms with Gasteiger partial charge in [0, 0.05) is 10.8 Å². The van der Waals surface area contributed by atoms with Crippen molar-refractivity contribution in [3.8, 4) is 22.3 Å². The summed E-state index contributed by atoms with van der Waals surface area (Å²) in [7, 11) is 18.5. The van der Waals surface area contributed by atoms with Crippen LogP contribution in [0.2, 0.25) is 0 Å². The van der Waals surface area contributed by atoms with Crippen LogP contribution in [0.1, 0.15) is 26.3 Å². The van der Waals surface area contributed by atoms with E-state index in [2.05, 4.69) is 150 Å². The van der Waals surface area contributed by atoms with Crippen LogP contribution in [0.3, 0.4) is 0 Å². The predicted octanol–water partition coefficient (Wildman–Crippen LogP) is -3.41. The van der Waals surface area contributed by atoms with Crippen LogP contribution in [0.4, 0.5) is 0 Å². The van der Waals surface area contributed by atoms with E-state index in [0.717, 1.165) is 11.2 Å². The normalized spacial score (nSPS) is 12.2. The second kappa shape index (κ2) is 10.3. The monoisotopic (exact) mass is 572 g/mol. The van der Waals surface area contributed by atoms with Crippen LogP contribution in [-0.2, 0) is 5.41 Å². The molecule has 0 saturated carbocycles. The Kier molecular flexibility index (Phi) is 6.86. The fourth-order valence-electron chi connectivity index (χ4n) is 7.71. The maximum absolute atomic E-state index is 6.42. The quantitative estimate of drug-likeness (QED) is 0.156. The first-order chi connectivity index (χ1) is 21.3. The molecule has 0 saturated heterocycles. The molecule has 0 bridgehead atoms. The Morgan fingerprint density at radius 3 is 1.33 bits per heavy atom. The van der Waals surface area contributed by atoms with Gasteiger partial charge in [0.2, 0.25) is 0 Å². The smallest absolute Gasteiger partial charge is 0.139 e. The van der Waals surface area contributed by atoms with Crippen molar-refractivity contribution in [3.63, 3.8) is 0 Å². The zero-order valence-corrected chi connectivity index (χ0v) is 28.8. The van der Waals surface area contributed by atoms with Crippen LogP contribution in [0.15, 0.2) is 71.1 Å². The minimum Gasteiger partial charge on any atom is -0.456 e. The van der Waals surface area contributed by atoms with Crippen molar-refractivity contribution in [2.45, 2.75) is 26.2 Å². The minimum absolute atomic E-state index is 0.0586. The summed E-state index contributed by atoms with van der Waals surface area (Å²) in [6.07, 6.45) is 0. The Morgan fingerprint density at radius 2 is 0.867 bits per heavy atom. The molecule has 6 aromatic carbocycles. The highest BCUT2D eigenvalue weighted by molar-refractivity contribution is 6.71. The highest BCUT2D eigenvalue weighted by Gasteiger charge is 2.25. The summed E-state index contributed by atoms with van der Waals surface area (Å²) in [5.41, 5.74) is 19.5. The van der Waals surface area contributed by atoms with Gasteiger partial charge in [-0.2, -0.15) is 0 Å². The lowest BCUT2D eigenvalue weighted by molar-refractivity contribution is 0.590. The van der Waals surface area contributed by atoms with Crippen LogP contribution in [0.5, 0.6) is 0 Å². The fraction of sp³-hybridized carbons (Fsp3) is 0.111. The van der Waals surface area contributed by atoms with Gasteiger partial charge in [-0.3, -0.25) is 0 Å². The molecule has 1 heterocycles. The van der Waals surface area contributed by atoms with Crippen LogP contribution < -0.4 is 43.7 Å². The number of hydrogen-bond acceptors (Lipinski definition) is 1. The second-order valence-corrected chi connectivity index (χ2v) is 14.4. The number of rotatable bonds is 2. The van der Waals surface area contributed by atoms with E-state index < -0.39 is 0 Å². The molecule has 0 spiro atoms. The predicted molar refractivity (Wildman–Crippen MR) is 224 cm³/mol. The first kappa shape index (κ1) is 29.8. The van der Waals surface area contributed by atoms with E-state index in [1.165, 1.54) is 104 Å². The topological polar surface area (TPSA) is 13.1 Å². The molecule has 45 heavy (non-hydrogen) atoms. The first-order valence-corrected chi connectivity index (χ1v) is 16.3. The summed E-state index contributed by atoms with van der Waals surface area (Å²) in [6, 6.07) is 24.6. The largest absolute Gasteiger partial charge is 0.456 e. The molecule has 9 heteroatoms. The lowest BCUT2D eigenvalue weighted by atomic mass is 9.59. The third-order valence-corrected chi connectivity index (χ3v) is 11.1. The zero-order valence-electron chi connectivity index (χ0n) is 28.8. The summed E-state index contributed by atoms with van der Waals surface area (Å²) in [5.74, 6) is 0. The molecule has 1 nitrogen and oxygen atoms in total. The van der Waals surface area contributed by atoms with E-state index in [1.807, 2.05) is 0 Å². The van der Waals surface area contributed by atoms with E-state index in [4.69, 9.17) is 4.42 Å². The van der Waals surface area contributed by atoms with Gasteiger partial charge < -0.3 is 4.42 Å². The van der Waals surface area contributed by atoms with Gasteiger partial charge in [0.1, 0.15) is 73.9 Å². The molecule has 0 aliphatic carbocycles. The molecule has 0 amide bonds. The second-order valence-electron chi connectivity index (χ2n) is 14.4. The van der Waals surface area contributed by atoms with Crippen LogP contribution in [-0.4, -0.2) is 62.8 Å². The van der Waals surface area contributed by atoms with Crippen LogP contribution in [0, 0.1) is 0 Å². The minimum atomic E-state index is 0.0586. The lowest BCUT2D eigenvalue weighted by Gasteiger charge is -2.28. The molecule has 0 N–H and O–H groups in total. The first-order valence-electron chi connectivity index (χ1n) is 16.3. The molecule has 1 aromatic heterocycles. The van der Waals surface area contributed by atoms with Gasteiger partial charge in [-0.05, 0) is 79.0 Å². The molecular formula is C36H36B8O. The molecule has 0 unspecified atom stereocenters. The van der Waals surface area contributed by atoms with Crippen molar-refractivity contribution in [1.82, 2.24) is 0 Å². The van der Waals surface area contributed by atoms with E-state index in [-0.39, 0.29) is 5.41 Å². The number of furan rings is 1. The molecule has 0 aliphatic heterocycles. The Labute approximate surface area is 274 Å². The van der Waals surface area contributed by atoms with Crippen molar-refractivity contribution in [2.24, 2.45) is 0 Å². The Balaban J connectivity index is 1.75. The molecule has 0 radical (unpaired) electrons. The van der Waals surface area contributed by atoms with Gasteiger partial charge in [0.15, 0.2) is 0 Å². The molecule has 210 valence electrons. The summed E-state index contributed by atoms with van der Waals surface area (Å²) in [4.78, 5) is 0. The van der Waals surface area contributed by atoms with Gasteiger partial charge >= 0.3 is 0 Å². The summed E-state index contributed by atoms with van der Waals surface area (Å²) in [6.45, 7) is 6.83. The SMILES string of the molecule is Bc1c(B)c(B)c2c(-c3ccc4oc5ccc(C(C)(C)C)cc5c4c3)c3c(B)c(B)c(B)c(B)c3c(-c3ccccc3)c2c1B. The van der Waals surface area contributed by atoms with Crippen molar-refractivity contribution in [1.29, 1.82) is 0 Å². The van der Waals surface area contributed by atoms with Gasteiger partial charge in [-0.15, -0.1) is 21.9 Å². The average molecular weight is 571 g/mol. The highest BCUT2D eigenvalue weighted by atomic mass is 16.3. The average Bonchev–Trinajstić information content (AvgIpc) is 3.40. The molecule has 0 fully saturated rings. The van der Waals surface area contributed by atoms with Crippen LogP contribution >= 0.6 is 0 Å². The van der Waals surface area contributed by atoms with E-state index >= 15 is 0 Å². The van der Waals surface area contributed by atoms with Crippen molar-refractivity contribution < 1.29 is 4.42 Å². The molecule has 0 atom stereocenters. The van der Waals surface area contributed by atoms with Gasteiger partial charge in [0.25, 0.3) is 0 Å². The highest BCUT2D eigenvalue weighted by Crippen LogP contribution is 2.42. The number of fused-ring (bicyclic) bond motifs is 5. The van der Waals surface area contributed by atoms with Crippen molar-refractivity contribution in [2.75, 3.05) is 0 Å². The molecule has 7 aromatic rings. The van der Waals surface area contributed by atoms with Gasteiger partial charge in [-0.25, -0.2) is 0 Å². The van der Waals surface area contributed by atoms with Crippen LogP contribution in [0.25, 0.3) is 65.7 Å². The lowest BCUT2D eigenvalue weighted by Crippen LogP contribution is -2.50. The van der Waals surface area contributed by atoms with E-state index in [0.29, 0.717) is 0 Å². The number of hydrogen-bond donors (Lipinski definition) is 0. The molecule has 7 rings (SSSR count). The summed E-state index contributed by atoms with van der Waals surface area (Å²) in [5, 5.41) is 7.86. The third kappa shape index (κ3) is 4.33. The van der Waals surface area contributed by atoms with Crippen molar-refractivity contribution >= 4 is 150 Å². The Bertz CT molecular complexity index is 2300. The van der Waals surface area contributed by atoms with Crippen molar-refractivity contribution in [3.05, 3.63) is 72.3 Å². The maximum atomic E-state index is 6.42. The third-order valence-electron chi connectivity index (χ3n) is 11.1. The van der Waals surface area contributed by atoms with Gasteiger partial charge in [0.05, 0.1) is 0 Å². The number of benzene rings is 6. The van der Waals surface area contributed by atoms with Gasteiger partial charge in [-0.1, -0.05) is 85.1 Å². The Hall–Kier alpha value is -3.84. The standard InChI is InChI=1S/C36H36B8O/c1-36(2,3)17-10-12-21-19(14-17)18-13-16(9-11-20(18)45-21)23-26-24(28(37)32(41)34(43)30(26)39)22(15-7-5-4-6-8-15)25-27(23)31(40)35(44)33(42)29(25)38/h4-14H,37-44H2,1-3H3. The molecule has 0 aliphatic rings. The zero-order chi connectivity index (χ0) is 32.1. The Morgan fingerprint density at radius 1 is 0.444 bits per heavy atom. The summed E-state index contributed by atoms with van der Waals surface area (Å²) >= 11 is 0. The fourth-order valence-corrected chi connectivity index (χ4v) is 7.71. The molecular weight excluding hydrogens is 535 g/mol. The van der Waals surface area contributed by atoms with E-state index in [1.54, 1.807) is 0 Å². The summed E-state index contributed by atoms with van der Waals surface area (Å²) < 4.78 is 6.42. The maximum Gasteiger partial charge on any atom is 0.139 e. The van der Waals surface area contributed by atoms with E-state index in [9.17, 15) is 0 Å².